The lowest BCUT2D eigenvalue weighted by Gasteiger charge is -2.59. The fraction of sp³-hybridized carbons (Fsp3) is 0.944. The average Bonchev–Trinajstić information content (AvgIpc) is 2.74. The third-order valence-corrected chi connectivity index (χ3v) is 7.99. The predicted octanol–water partition coefficient (Wildman–Crippen LogP) is 3.15. The number of fused-ring (bicyclic) bond motifs is 5. The van der Waals surface area contributed by atoms with Crippen LogP contribution >= 0.6 is 0 Å². The molecule has 0 aromatic carbocycles. The van der Waals surface area contributed by atoms with Crippen LogP contribution in [-0.4, -0.2) is 23.8 Å². The van der Waals surface area contributed by atoms with E-state index >= 15 is 0 Å². The van der Waals surface area contributed by atoms with E-state index < -0.39 is 0 Å². The highest BCUT2D eigenvalue weighted by Crippen LogP contribution is 2.65. The molecule has 3 aliphatic carbocycles. The molecular weight excluding hydrogens is 264 g/mol. The minimum atomic E-state index is -0.106. The van der Waals surface area contributed by atoms with E-state index in [2.05, 4.69) is 13.8 Å². The Balaban J connectivity index is 1.66. The molecule has 3 saturated carbocycles. The first-order valence-corrected chi connectivity index (χ1v) is 8.79. The van der Waals surface area contributed by atoms with E-state index in [0.29, 0.717) is 36.7 Å². The number of cyclic esters (lactones) is 1. The lowest BCUT2D eigenvalue weighted by molar-refractivity contribution is -0.179. The maximum atomic E-state index is 11.9. The molecule has 0 bridgehead atoms. The van der Waals surface area contributed by atoms with Gasteiger partial charge in [-0.15, -0.1) is 0 Å². The smallest absolute Gasteiger partial charge is 0.306 e. The molecule has 0 radical (unpaired) electrons. The largest absolute Gasteiger partial charge is 0.465 e. The zero-order valence-corrected chi connectivity index (χ0v) is 13.3. The van der Waals surface area contributed by atoms with Crippen molar-refractivity contribution in [3.63, 3.8) is 0 Å². The van der Waals surface area contributed by atoms with Crippen LogP contribution in [0.25, 0.3) is 0 Å². The molecule has 4 aliphatic rings. The highest BCUT2D eigenvalue weighted by Gasteiger charge is 2.60. The Labute approximate surface area is 127 Å². The van der Waals surface area contributed by atoms with Crippen LogP contribution in [0.5, 0.6) is 0 Å². The molecule has 1 saturated heterocycles. The normalized spacial score (nSPS) is 56.1. The Morgan fingerprint density at radius 1 is 1.05 bits per heavy atom. The summed E-state index contributed by atoms with van der Waals surface area (Å²) in [5.74, 6) is 2.61. The van der Waals surface area contributed by atoms with Gasteiger partial charge in [-0.25, -0.2) is 0 Å². The van der Waals surface area contributed by atoms with Crippen LogP contribution in [0, 0.1) is 34.5 Å². The number of aliphatic hydroxyl groups is 1. The van der Waals surface area contributed by atoms with Crippen LogP contribution in [0.2, 0.25) is 0 Å². The first kappa shape index (κ1) is 14.0. The van der Waals surface area contributed by atoms with Crippen molar-refractivity contribution in [2.75, 3.05) is 6.61 Å². The second kappa shape index (κ2) is 4.47. The summed E-state index contributed by atoms with van der Waals surface area (Å²) < 4.78 is 5.34. The maximum absolute atomic E-state index is 11.9. The number of esters is 1. The number of rotatable bonds is 0. The van der Waals surface area contributed by atoms with Gasteiger partial charge in [0.05, 0.1) is 19.1 Å². The van der Waals surface area contributed by atoms with Crippen LogP contribution in [0.15, 0.2) is 0 Å². The molecule has 118 valence electrons. The Bertz CT molecular complexity index is 461. The van der Waals surface area contributed by atoms with Gasteiger partial charge in [0.1, 0.15) is 0 Å². The highest BCUT2D eigenvalue weighted by molar-refractivity contribution is 5.71. The quantitative estimate of drug-likeness (QED) is 0.698. The van der Waals surface area contributed by atoms with Gasteiger partial charge in [0, 0.05) is 0 Å². The highest BCUT2D eigenvalue weighted by atomic mass is 16.5. The summed E-state index contributed by atoms with van der Waals surface area (Å²) in [5.41, 5.74) is 0.284. The molecular formula is C18H28O3. The van der Waals surface area contributed by atoms with Gasteiger partial charge < -0.3 is 9.84 Å². The van der Waals surface area contributed by atoms with E-state index in [0.717, 1.165) is 12.8 Å². The van der Waals surface area contributed by atoms with Gasteiger partial charge >= 0.3 is 5.97 Å². The first-order valence-electron chi connectivity index (χ1n) is 8.79. The van der Waals surface area contributed by atoms with E-state index in [1.165, 1.54) is 25.7 Å². The van der Waals surface area contributed by atoms with Gasteiger partial charge in [-0.05, 0) is 73.0 Å². The van der Waals surface area contributed by atoms with Crippen molar-refractivity contribution in [1.29, 1.82) is 0 Å². The van der Waals surface area contributed by atoms with Crippen molar-refractivity contribution in [2.24, 2.45) is 34.5 Å². The lowest BCUT2D eigenvalue weighted by atomic mass is 9.46. The van der Waals surface area contributed by atoms with Crippen LogP contribution in [-0.2, 0) is 9.53 Å². The minimum absolute atomic E-state index is 0.00851. The molecule has 1 aliphatic heterocycles. The third kappa shape index (κ3) is 1.79. The zero-order valence-electron chi connectivity index (χ0n) is 13.3. The van der Waals surface area contributed by atoms with Crippen molar-refractivity contribution < 1.29 is 14.6 Å². The Morgan fingerprint density at radius 3 is 2.62 bits per heavy atom. The summed E-state index contributed by atoms with van der Waals surface area (Å²) >= 11 is 0. The van der Waals surface area contributed by atoms with Gasteiger partial charge in [0.25, 0.3) is 0 Å². The minimum Gasteiger partial charge on any atom is -0.465 e. The number of aliphatic hydroxyl groups excluding tert-OH is 1. The van der Waals surface area contributed by atoms with Crippen molar-refractivity contribution >= 4 is 5.97 Å². The van der Waals surface area contributed by atoms with Gasteiger partial charge in [-0.2, -0.15) is 0 Å². The molecule has 4 fully saturated rings. The van der Waals surface area contributed by atoms with E-state index in [4.69, 9.17) is 4.74 Å². The van der Waals surface area contributed by atoms with Crippen LogP contribution in [0.1, 0.15) is 58.8 Å². The first-order chi connectivity index (χ1) is 9.95. The number of carbonyl (C=O) groups excluding carboxylic acids is 1. The fourth-order valence-corrected chi connectivity index (χ4v) is 6.61. The number of carbonyl (C=O) groups is 1. The number of ether oxygens (including phenoxy) is 1. The van der Waals surface area contributed by atoms with E-state index in [1.807, 2.05) is 0 Å². The van der Waals surface area contributed by atoms with Crippen LogP contribution in [0.4, 0.5) is 0 Å². The summed E-state index contributed by atoms with van der Waals surface area (Å²) in [7, 11) is 0. The van der Waals surface area contributed by atoms with Gasteiger partial charge in [0.15, 0.2) is 0 Å². The van der Waals surface area contributed by atoms with Gasteiger partial charge in [0.2, 0.25) is 0 Å². The molecule has 1 N–H and O–H groups in total. The second-order valence-corrected chi connectivity index (χ2v) is 8.65. The SMILES string of the molecule is CC12CC[C@H]3[C@@H](CCC4COC(=O)C[C@@]43C)[C@@H]1CCC2O. The molecule has 3 heteroatoms. The van der Waals surface area contributed by atoms with Gasteiger partial charge in [-0.3, -0.25) is 4.79 Å². The number of hydrogen-bond acceptors (Lipinski definition) is 3. The summed E-state index contributed by atoms with van der Waals surface area (Å²) in [5, 5.41) is 10.4. The topological polar surface area (TPSA) is 46.5 Å². The van der Waals surface area contributed by atoms with Crippen molar-refractivity contribution in [3.8, 4) is 0 Å². The standard InChI is InChI=1S/C18H28O3/c1-17-8-7-14-12(13(17)5-6-15(17)19)4-3-11-10-21-16(20)9-18(11,14)2/h11-15,19H,3-10H2,1-2H3/t11?,12-,13-,14-,15?,17?,18-/m0/s1. The van der Waals surface area contributed by atoms with Gasteiger partial charge in [-0.1, -0.05) is 13.8 Å². The maximum Gasteiger partial charge on any atom is 0.306 e. The summed E-state index contributed by atoms with van der Waals surface area (Å²) in [6.07, 6.45) is 7.47. The molecule has 21 heavy (non-hydrogen) atoms. The molecule has 1 heterocycles. The van der Waals surface area contributed by atoms with Crippen molar-refractivity contribution in [1.82, 2.24) is 0 Å². The van der Waals surface area contributed by atoms with Crippen molar-refractivity contribution in [3.05, 3.63) is 0 Å². The molecule has 0 amide bonds. The molecule has 0 aromatic rings. The second-order valence-electron chi connectivity index (χ2n) is 8.65. The van der Waals surface area contributed by atoms with Crippen molar-refractivity contribution in [2.45, 2.75) is 64.9 Å². The fourth-order valence-electron chi connectivity index (χ4n) is 6.61. The molecule has 4 rings (SSSR count). The predicted molar refractivity (Wildman–Crippen MR) is 79.5 cm³/mol. The van der Waals surface area contributed by atoms with E-state index in [-0.39, 0.29) is 22.9 Å². The van der Waals surface area contributed by atoms with E-state index in [1.54, 1.807) is 0 Å². The Kier molecular flexibility index (Phi) is 2.99. The Morgan fingerprint density at radius 2 is 1.81 bits per heavy atom. The molecule has 7 atom stereocenters. The zero-order chi connectivity index (χ0) is 14.8. The average molecular weight is 292 g/mol. The molecule has 0 spiro atoms. The van der Waals surface area contributed by atoms with Crippen LogP contribution in [0.3, 0.4) is 0 Å². The Hall–Kier alpha value is -0.570. The summed E-state index contributed by atoms with van der Waals surface area (Å²) in [4.78, 5) is 11.9. The third-order valence-electron chi connectivity index (χ3n) is 7.99. The van der Waals surface area contributed by atoms with E-state index in [9.17, 15) is 9.90 Å². The molecule has 3 nitrogen and oxygen atoms in total. The monoisotopic (exact) mass is 292 g/mol. The number of hydrogen-bond donors (Lipinski definition) is 1. The molecule has 3 unspecified atom stereocenters. The summed E-state index contributed by atoms with van der Waals surface area (Å²) in [6.45, 7) is 5.31. The lowest BCUT2D eigenvalue weighted by Crippen LogP contribution is -2.55. The molecule has 0 aromatic heterocycles. The van der Waals surface area contributed by atoms with Crippen LogP contribution < -0.4 is 0 Å². The summed E-state index contributed by atoms with van der Waals surface area (Å²) in [6, 6.07) is 0.